The van der Waals surface area contributed by atoms with Gasteiger partial charge in [-0.25, -0.2) is 0 Å². The van der Waals surface area contributed by atoms with Gasteiger partial charge in [0.2, 0.25) is 0 Å². The Labute approximate surface area is 87.2 Å². The monoisotopic (exact) mass is 214 g/mol. The Bertz CT molecular complexity index is 377. The van der Waals surface area contributed by atoms with Crippen LogP contribution in [0.1, 0.15) is 5.56 Å². The highest BCUT2D eigenvalue weighted by atomic mass is 35.5. The molecule has 0 radical (unpaired) electrons. The van der Waals surface area contributed by atoms with E-state index in [1.807, 2.05) is 6.92 Å². The third-order valence-corrected chi connectivity index (χ3v) is 2.31. The van der Waals surface area contributed by atoms with Gasteiger partial charge in [0.15, 0.2) is 0 Å². The van der Waals surface area contributed by atoms with Crippen LogP contribution in [0.25, 0.3) is 0 Å². The lowest BCUT2D eigenvalue weighted by Gasteiger charge is -2.16. The molecule has 0 atom stereocenters. The van der Waals surface area contributed by atoms with Crippen LogP contribution in [0, 0.1) is 17.0 Å². The molecule has 0 aliphatic rings. The first-order valence-corrected chi connectivity index (χ1v) is 4.43. The summed E-state index contributed by atoms with van der Waals surface area (Å²) < 4.78 is 0. The van der Waals surface area contributed by atoms with E-state index in [2.05, 4.69) is 0 Å². The molecule has 0 spiro atoms. The van der Waals surface area contributed by atoms with E-state index in [-0.39, 0.29) is 10.7 Å². The maximum atomic E-state index is 10.6. The first-order chi connectivity index (χ1) is 6.45. The summed E-state index contributed by atoms with van der Waals surface area (Å²) in [6.07, 6.45) is 0. The van der Waals surface area contributed by atoms with Crippen molar-refractivity contribution in [1.82, 2.24) is 0 Å². The molecule has 0 saturated heterocycles. The standard InChI is InChI=1S/C9H11ClN2O2/c1-6-4-5-7(12(13)14)8(10)9(6)11(2)3/h4-5H,1-3H3. The van der Waals surface area contributed by atoms with Gasteiger partial charge in [-0.2, -0.15) is 0 Å². The van der Waals surface area contributed by atoms with Crippen molar-refractivity contribution in [3.63, 3.8) is 0 Å². The van der Waals surface area contributed by atoms with E-state index in [1.54, 1.807) is 25.1 Å². The predicted molar refractivity (Wildman–Crippen MR) is 57.2 cm³/mol. The second-order valence-electron chi connectivity index (χ2n) is 3.22. The molecule has 76 valence electrons. The lowest BCUT2D eigenvalue weighted by atomic mass is 10.1. The Balaban J connectivity index is 3.41. The number of nitro benzene ring substituents is 1. The summed E-state index contributed by atoms with van der Waals surface area (Å²) in [5.41, 5.74) is 1.56. The number of nitrogens with zero attached hydrogens (tertiary/aromatic N) is 2. The number of anilines is 1. The molecule has 0 fully saturated rings. The highest BCUT2D eigenvalue weighted by Crippen LogP contribution is 2.35. The number of nitro groups is 1. The lowest BCUT2D eigenvalue weighted by molar-refractivity contribution is -0.384. The number of rotatable bonds is 2. The van der Waals surface area contributed by atoms with Gasteiger partial charge in [-0.1, -0.05) is 17.7 Å². The lowest BCUT2D eigenvalue weighted by Crippen LogP contribution is -2.11. The minimum atomic E-state index is -0.477. The van der Waals surface area contributed by atoms with E-state index < -0.39 is 4.92 Å². The molecule has 0 aromatic heterocycles. The molecule has 0 aliphatic heterocycles. The van der Waals surface area contributed by atoms with Crippen LogP contribution >= 0.6 is 11.6 Å². The number of aryl methyl sites for hydroxylation is 1. The van der Waals surface area contributed by atoms with E-state index in [9.17, 15) is 10.1 Å². The molecular formula is C9H11ClN2O2. The smallest absolute Gasteiger partial charge is 0.290 e. The van der Waals surface area contributed by atoms with E-state index in [0.29, 0.717) is 5.69 Å². The van der Waals surface area contributed by atoms with Gasteiger partial charge >= 0.3 is 0 Å². The van der Waals surface area contributed by atoms with Crippen molar-refractivity contribution < 1.29 is 4.92 Å². The van der Waals surface area contributed by atoms with Crippen molar-refractivity contribution in [1.29, 1.82) is 0 Å². The quantitative estimate of drug-likeness (QED) is 0.562. The topological polar surface area (TPSA) is 46.4 Å². The summed E-state index contributed by atoms with van der Waals surface area (Å²) >= 11 is 5.92. The molecule has 1 aromatic rings. The van der Waals surface area contributed by atoms with Crippen LogP contribution < -0.4 is 4.90 Å². The molecule has 0 unspecified atom stereocenters. The summed E-state index contributed by atoms with van der Waals surface area (Å²) in [7, 11) is 3.61. The Hall–Kier alpha value is -1.29. The van der Waals surface area contributed by atoms with E-state index in [0.717, 1.165) is 5.56 Å². The maximum absolute atomic E-state index is 10.6. The molecule has 5 heteroatoms. The molecule has 0 aliphatic carbocycles. The molecule has 0 N–H and O–H groups in total. The number of halogens is 1. The third kappa shape index (κ3) is 1.80. The third-order valence-electron chi connectivity index (χ3n) is 1.94. The fraction of sp³-hybridized carbons (Fsp3) is 0.333. The van der Waals surface area contributed by atoms with Crippen LogP contribution in [-0.2, 0) is 0 Å². The fourth-order valence-electron chi connectivity index (χ4n) is 1.34. The molecule has 14 heavy (non-hydrogen) atoms. The van der Waals surface area contributed by atoms with Gasteiger partial charge < -0.3 is 4.90 Å². The second-order valence-corrected chi connectivity index (χ2v) is 3.59. The van der Waals surface area contributed by atoms with Crippen LogP contribution in [0.15, 0.2) is 12.1 Å². The number of hydrogen-bond donors (Lipinski definition) is 0. The summed E-state index contributed by atoms with van der Waals surface area (Å²) in [6, 6.07) is 3.12. The molecule has 4 nitrogen and oxygen atoms in total. The minimum Gasteiger partial charge on any atom is -0.376 e. The zero-order valence-electron chi connectivity index (χ0n) is 8.24. The Morgan fingerprint density at radius 3 is 2.43 bits per heavy atom. The van der Waals surface area contributed by atoms with Crippen molar-refractivity contribution in [2.24, 2.45) is 0 Å². The normalized spacial score (nSPS) is 10.0. The van der Waals surface area contributed by atoms with Crippen LogP contribution in [0.5, 0.6) is 0 Å². The van der Waals surface area contributed by atoms with Gasteiger partial charge in [0.25, 0.3) is 5.69 Å². The van der Waals surface area contributed by atoms with Crippen LogP contribution in [0.3, 0.4) is 0 Å². The van der Waals surface area contributed by atoms with E-state index in [4.69, 9.17) is 11.6 Å². The van der Waals surface area contributed by atoms with Crippen LogP contribution in [-0.4, -0.2) is 19.0 Å². The predicted octanol–water partition coefficient (Wildman–Crippen LogP) is 2.62. The largest absolute Gasteiger partial charge is 0.376 e. The average molecular weight is 215 g/mol. The highest BCUT2D eigenvalue weighted by molar-refractivity contribution is 6.35. The Morgan fingerprint density at radius 2 is 2.00 bits per heavy atom. The van der Waals surface area contributed by atoms with Gasteiger partial charge in [-0.15, -0.1) is 0 Å². The summed E-state index contributed by atoms with van der Waals surface area (Å²) in [5, 5.41) is 10.8. The number of hydrogen-bond acceptors (Lipinski definition) is 3. The molecule has 1 aromatic carbocycles. The first kappa shape index (κ1) is 10.8. The van der Waals surface area contributed by atoms with Crippen molar-refractivity contribution in [2.75, 3.05) is 19.0 Å². The fourth-order valence-corrected chi connectivity index (χ4v) is 1.79. The van der Waals surface area contributed by atoms with Gasteiger partial charge in [0.05, 0.1) is 10.6 Å². The van der Waals surface area contributed by atoms with E-state index >= 15 is 0 Å². The van der Waals surface area contributed by atoms with Crippen LogP contribution in [0.4, 0.5) is 11.4 Å². The van der Waals surface area contributed by atoms with Gasteiger partial charge in [0.1, 0.15) is 5.02 Å². The van der Waals surface area contributed by atoms with Crippen molar-refractivity contribution in [2.45, 2.75) is 6.92 Å². The first-order valence-electron chi connectivity index (χ1n) is 4.06. The average Bonchev–Trinajstić information content (AvgIpc) is 2.02. The zero-order valence-corrected chi connectivity index (χ0v) is 9.00. The van der Waals surface area contributed by atoms with Gasteiger partial charge in [0, 0.05) is 20.2 Å². The Kier molecular flexibility index (Phi) is 2.96. The molecule has 0 heterocycles. The SMILES string of the molecule is Cc1ccc([N+](=O)[O-])c(Cl)c1N(C)C. The molecule has 0 amide bonds. The number of benzene rings is 1. The molecule has 0 bridgehead atoms. The van der Waals surface area contributed by atoms with Crippen LogP contribution in [0.2, 0.25) is 5.02 Å². The van der Waals surface area contributed by atoms with E-state index in [1.165, 1.54) is 6.07 Å². The van der Waals surface area contributed by atoms with Crippen molar-refractivity contribution in [3.8, 4) is 0 Å². The highest BCUT2D eigenvalue weighted by Gasteiger charge is 2.18. The van der Waals surface area contributed by atoms with Gasteiger partial charge in [-0.05, 0) is 12.5 Å². The summed E-state index contributed by atoms with van der Waals surface area (Å²) in [4.78, 5) is 11.9. The maximum Gasteiger partial charge on any atom is 0.290 e. The summed E-state index contributed by atoms with van der Waals surface area (Å²) in [5.74, 6) is 0. The van der Waals surface area contributed by atoms with Crippen molar-refractivity contribution >= 4 is 23.0 Å². The molecule has 0 saturated carbocycles. The minimum absolute atomic E-state index is 0.0547. The second kappa shape index (κ2) is 3.84. The zero-order chi connectivity index (χ0) is 10.9. The molecular weight excluding hydrogens is 204 g/mol. The Morgan fingerprint density at radius 1 is 1.43 bits per heavy atom. The molecule has 1 rings (SSSR count). The summed E-state index contributed by atoms with van der Waals surface area (Å²) in [6.45, 7) is 1.87. The van der Waals surface area contributed by atoms with Gasteiger partial charge in [-0.3, -0.25) is 10.1 Å². The van der Waals surface area contributed by atoms with Crippen molar-refractivity contribution in [3.05, 3.63) is 32.8 Å².